The minimum absolute atomic E-state index is 0.135. The van der Waals surface area contributed by atoms with Gasteiger partial charge in [0.25, 0.3) is 0 Å². The zero-order chi connectivity index (χ0) is 15.7. The first-order chi connectivity index (χ1) is 10.4. The highest BCUT2D eigenvalue weighted by atomic mass is 19.4. The summed E-state index contributed by atoms with van der Waals surface area (Å²) in [6, 6.07) is 2.39. The highest BCUT2D eigenvalue weighted by Gasteiger charge is 2.34. The lowest BCUT2D eigenvalue weighted by molar-refractivity contribution is -0.141. The van der Waals surface area contributed by atoms with E-state index in [-0.39, 0.29) is 12.1 Å². The zero-order valence-corrected chi connectivity index (χ0v) is 11.8. The molecule has 0 aromatic carbocycles. The Morgan fingerprint density at radius 2 is 2.14 bits per heavy atom. The fraction of sp³-hybridized carbons (Fsp3) is 0.429. The SMILES string of the molecule is Cn1ccnc1[C@H]1OCC[C@@H]1Nc1ccnc(C(F)(F)F)c1. The van der Waals surface area contributed by atoms with Gasteiger partial charge in [0.1, 0.15) is 17.6 Å². The van der Waals surface area contributed by atoms with Gasteiger partial charge in [-0.05, 0) is 18.6 Å². The van der Waals surface area contributed by atoms with E-state index >= 15 is 0 Å². The quantitative estimate of drug-likeness (QED) is 0.947. The molecule has 1 aliphatic heterocycles. The highest BCUT2D eigenvalue weighted by molar-refractivity contribution is 5.45. The molecule has 2 atom stereocenters. The number of nitrogens with one attached hydrogen (secondary N) is 1. The maximum absolute atomic E-state index is 12.7. The predicted molar refractivity (Wildman–Crippen MR) is 73.2 cm³/mol. The summed E-state index contributed by atoms with van der Waals surface area (Å²) in [6.45, 7) is 0.534. The molecule has 0 unspecified atom stereocenters. The first kappa shape index (κ1) is 14.8. The van der Waals surface area contributed by atoms with Gasteiger partial charge in [-0.15, -0.1) is 0 Å². The van der Waals surface area contributed by atoms with Gasteiger partial charge in [-0.1, -0.05) is 0 Å². The number of imidazole rings is 1. The van der Waals surface area contributed by atoms with Crippen LogP contribution in [-0.2, 0) is 18.0 Å². The van der Waals surface area contributed by atoms with Crippen LogP contribution in [0.2, 0.25) is 0 Å². The van der Waals surface area contributed by atoms with Gasteiger partial charge in [-0.3, -0.25) is 4.98 Å². The molecule has 2 aromatic rings. The lowest BCUT2D eigenvalue weighted by atomic mass is 10.1. The molecule has 0 saturated carbocycles. The van der Waals surface area contributed by atoms with Gasteiger partial charge in [-0.25, -0.2) is 4.98 Å². The number of hydrogen-bond donors (Lipinski definition) is 1. The van der Waals surface area contributed by atoms with Gasteiger partial charge < -0.3 is 14.6 Å². The number of pyridine rings is 1. The lowest BCUT2D eigenvalue weighted by Crippen LogP contribution is -2.25. The Hall–Kier alpha value is -2.09. The number of rotatable bonds is 3. The van der Waals surface area contributed by atoms with Crippen LogP contribution < -0.4 is 5.32 Å². The van der Waals surface area contributed by atoms with E-state index in [9.17, 15) is 13.2 Å². The molecule has 22 heavy (non-hydrogen) atoms. The maximum Gasteiger partial charge on any atom is 0.433 e. The molecular formula is C14H15F3N4O. The third-order valence-electron chi connectivity index (χ3n) is 3.61. The van der Waals surface area contributed by atoms with Crippen molar-refractivity contribution in [3.05, 3.63) is 42.2 Å². The Labute approximate surface area is 125 Å². The molecule has 0 amide bonds. The highest BCUT2D eigenvalue weighted by Crippen LogP contribution is 2.32. The molecule has 3 rings (SSSR count). The third-order valence-corrected chi connectivity index (χ3v) is 3.61. The van der Waals surface area contributed by atoms with Crippen molar-refractivity contribution in [1.82, 2.24) is 14.5 Å². The Balaban J connectivity index is 1.79. The van der Waals surface area contributed by atoms with E-state index in [4.69, 9.17) is 4.74 Å². The summed E-state index contributed by atoms with van der Waals surface area (Å²) in [4.78, 5) is 7.61. The van der Waals surface area contributed by atoms with Crippen molar-refractivity contribution >= 4 is 5.69 Å². The van der Waals surface area contributed by atoms with E-state index in [1.807, 2.05) is 17.8 Å². The summed E-state index contributed by atoms with van der Waals surface area (Å²) in [5.41, 5.74) is -0.540. The van der Waals surface area contributed by atoms with Gasteiger partial charge in [0.2, 0.25) is 0 Å². The zero-order valence-electron chi connectivity index (χ0n) is 11.8. The fourth-order valence-electron chi connectivity index (χ4n) is 2.53. The molecule has 1 saturated heterocycles. The van der Waals surface area contributed by atoms with Crippen molar-refractivity contribution in [2.75, 3.05) is 11.9 Å². The average Bonchev–Trinajstić information content (AvgIpc) is 3.07. The van der Waals surface area contributed by atoms with Crippen LogP contribution in [-0.4, -0.2) is 27.2 Å². The van der Waals surface area contributed by atoms with Crippen molar-refractivity contribution in [1.29, 1.82) is 0 Å². The van der Waals surface area contributed by atoms with Gasteiger partial charge >= 0.3 is 6.18 Å². The molecule has 0 bridgehead atoms. The van der Waals surface area contributed by atoms with E-state index in [1.165, 1.54) is 6.07 Å². The van der Waals surface area contributed by atoms with Crippen LogP contribution >= 0.6 is 0 Å². The summed E-state index contributed by atoms with van der Waals surface area (Å²) in [7, 11) is 1.86. The van der Waals surface area contributed by atoms with Crippen LogP contribution in [0.4, 0.5) is 18.9 Å². The molecule has 0 spiro atoms. The van der Waals surface area contributed by atoms with Crippen molar-refractivity contribution in [3.8, 4) is 0 Å². The van der Waals surface area contributed by atoms with Crippen LogP contribution in [0, 0.1) is 0 Å². The molecule has 118 valence electrons. The molecule has 5 nitrogen and oxygen atoms in total. The largest absolute Gasteiger partial charge is 0.433 e. The Morgan fingerprint density at radius 3 is 2.82 bits per heavy atom. The minimum atomic E-state index is -4.46. The summed E-state index contributed by atoms with van der Waals surface area (Å²) in [6.07, 6.45) is 0.577. The van der Waals surface area contributed by atoms with E-state index in [0.29, 0.717) is 18.7 Å². The second-order valence-electron chi connectivity index (χ2n) is 5.15. The number of aryl methyl sites for hydroxylation is 1. The molecule has 1 N–H and O–H groups in total. The van der Waals surface area contributed by atoms with E-state index < -0.39 is 11.9 Å². The van der Waals surface area contributed by atoms with E-state index in [1.54, 1.807) is 6.20 Å². The van der Waals surface area contributed by atoms with Crippen molar-refractivity contribution in [2.24, 2.45) is 7.05 Å². The molecule has 0 aliphatic carbocycles. The van der Waals surface area contributed by atoms with Gasteiger partial charge in [-0.2, -0.15) is 13.2 Å². The van der Waals surface area contributed by atoms with Crippen LogP contribution in [0.15, 0.2) is 30.7 Å². The van der Waals surface area contributed by atoms with Gasteiger partial charge in [0.15, 0.2) is 0 Å². The number of hydrogen-bond acceptors (Lipinski definition) is 4. The van der Waals surface area contributed by atoms with Crippen LogP contribution in [0.5, 0.6) is 0 Å². The normalized spacial score (nSPS) is 22.0. The number of aromatic nitrogens is 3. The smallest absolute Gasteiger partial charge is 0.379 e. The molecular weight excluding hydrogens is 297 g/mol. The lowest BCUT2D eigenvalue weighted by Gasteiger charge is -2.21. The second-order valence-corrected chi connectivity index (χ2v) is 5.15. The Bertz CT molecular complexity index is 656. The Morgan fingerprint density at radius 1 is 1.32 bits per heavy atom. The predicted octanol–water partition coefficient (Wildman–Crippen LogP) is 2.78. The first-order valence-corrected chi connectivity index (χ1v) is 6.84. The molecule has 3 heterocycles. The molecule has 0 radical (unpaired) electrons. The summed E-state index contributed by atoms with van der Waals surface area (Å²) >= 11 is 0. The van der Waals surface area contributed by atoms with Crippen LogP contribution in [0.25, 0.3) is 0 Å². The number of anilines is 1. The Kier molecular flexibility index (Phi) is 3.78. The third kappa shape index (κ3) is 2.92. The van der Waals surface area contributed by atoms with Crippen LogP contribution in [0.1, 0.15) is 24.0 Å². The summed E-state index contributed by atoms with van der Waals surface area (Å²) in [5.74, 6) is 0.750. The van der Waals surface area contributed by atoms with Gasteiger partial charge in [0, 0.05) is 37.9 Å². The van der Waals surface area contributed by atoms with Crippen molar-refractivity contribution in [2.45, 2.75) is 24.7 Å². The van der Waals surface area contributed by atoms with Crippen molar-refractivity contribution < 1.29 is 17.9 Å². The summed E-state index contributed by atoms with van der Waals surface area (Å²) in [5, 5.41) is 3.10. The first-order valence-electron chi connectivity index (χ1n) is 6.84. The number of alkyl halides is 3. The fourth-order valence-corrected chi connectivity index (χ4v) is 2.53. The summed E-state index contributed by atoms with van der Waals surface area (Å²) < 4.78 is 45.6. The van der Waals surface area contributed by atoms with Crippen LogP contribution in [0.3, 0.4) is 0 Å². The number of halogens is 3. The van der Waals surface area contributed by atoms with Crippen molar-refractivity contribution in [3.63, 3.8) is 0 Å². The van der Waals surface area contributed by atoms with E-state index in [2.05, 4.69) is 15.3 Å². The minimum Gasteiger partial charge on any atom is -0.379 e. The number of ether oxygens (including phenoxy) is 1. The topological polar surface area (TPSA) is 52.0 Å². The monoisotopic (exact) mass is 312 g/mol. The van der Waals surface area contributed by atoms with E-state index in [0.717, 1.165) is 18.1 Å². The number of nitrogens with zero attached hydrogens (tertiary/aromatic N) is 3. The standard InChI is InChI=1S/C14H15F3N4O/c1-21-6-5-19-13(21)12-10(3-7-22-12)20-9-2-4-18-11(8-9)14(15,16)17/h2,4-6,8,10,12H,3,7H2,1H3,(H,18,20)/t10-,12-/m0/s1. The average molecular weight is 312 g/mol. The molecule has 8 heteroatoms. The van der Waals surface area contributed by atoms with Gasteiger partial charge in [0.05, 0.1) is 6.04 Å². The molecule has 1 fully saturated rings. The maximum atomic E-state index is 12.7. The second kappa shape index (κ2) is 5.60. The molecule has 2 aromatic heterocycles. The molecule has 1 aliphatic rings.